The first-order chi connectivity index (χ1) is 10.1. The molecule has 1 aliphatic rings. The van der Waals surface area contributed by atoms with E-state index in [0.717, 1.165) is 0 Å². The Morgan fingerprint density at radius 2 is 2.29 bits per heavy atom. The van der Waals surface area contributed by atoms with Gasteiger partial charge in [0.05, 0.1) is 11.2 Å². The van der Waals surface area contributed by atoms with E-state index in [-0.39, 0.29) is 5.56 Å². The molecule has 0 bridgehead atoms. The molecule has 2 aromatic heterocycles. The lowest BCUT2D eigenvalue weighted by molar-refractivity contribution is 0.262. The molecule has 0 spiro atoms. The lowest BCUT2D eigenvalue weighted by Gasteiger charge is -2.25. The molecule has 1 fully saturated rings. The molecule has 0 atom stereocenters. The maximum atomic E-state index is 12.4. The molecule has 0 aromatic carbocycles. The van der Waals surface area contributed by atoms with Gasteiger partial charge in [-0.2, -0.15) is 5.10 Å². The fourth-order valence-electron chi connectivity index (χ4n) is 2.43. The second-order valence-electron chi connectivity index (χ2n) is 5.52. The van der Waals surface area contributed by atoms with Crippen molar-refractivity contribution < 1.29 is 0 Å². The summed E-state index contributed by atoms with van der Waals surface area (Å²) >= 11 is 7.84. The van der Waals surface area contributed by atoms with E-state index in [4.69, 9.17) is 11.6 Å². The van der Waals surface area contributed by atoms with E-state index in [9.17, 15) is 4.79 Å². The van der Waals surface area contributed by atoms with Crippen LogP contribution >= 0.6 is 22.9 Å². The molecule has 0 saturated heterocycles. The van der Waals surface area contributed by atoms with E-state index in [0.29, 0.717) is 29.7 Å². The minimum Gasteiger partial charge on any atom is -0.374 e. The molecular formula is C15H18ClN3OS. The number of thiophene rings is 1. The summed E-state index contributed by atoms with van der Waals surface area (Å²) in [7, 11) is 0. The van der Waals surface area contributed by atoms with E-state index < -0.39 is 0 Å². The SMILES string of the molecule is Cc1ccc(CNc2c(Cl)cnn(CC3CCC3)c2=O)s1. The number of rotatable bonds is 5. The average Bonchev–Trinajstić information content (AvgIpc) is 2.81. The summed E-state index contributed by atoms with van der Waals surface area (Å²) in [6.07, 6.45) is 5.20. The van der Waals surface area contributed by atoms with Crippen LogP contribution in [0.1, 0.15) is 29.0 Å². The van der Waals surface area contributed by atoms with Crippen molar-refractivity contribution in [2.45, 2.75) is 39.3 Å². The first-order valence-electron chi connectivity index (χ1n) is 7.18. The van der Waals surface area contributed by atoms with Gasteiger partial charge in [-0.15, -0.1) is 11.3 Å². The molecule has 0 aliphatic heterocycles. The molecule has 3 rings (SSSR count). The van der Waals surface area contributed by atoms with Gasteiger partial charge < -0.3 is 5.32 Å². The third-order valence-corrected chi connectivity index (χ3v) is 5.18. The summed E-state index contributed by atoms with van der Waals surface area (Å²) in [6.45, 7) is 3.38. The van der Waals surface area contributed by atoms with Gasteiger partial charge in [0.15, 0.2) is 0 Å². The van der Waals surface area contributed by atoms with Crippen LogP contribution in [0.5, 0.6) is 0 Å². The van der Waals surface area contributed by atoms with Gasteiger partial charge in [-0.1, -0.05) is 18.0 Å². The maximum absolute atomic E-state index is 12.4. The topological polar surface area (TPSA) is 46.9 Å². The largest absolute Gasteiger partial charge is 0.374 e. The minimum atomic E-state index is -0.123. The van der Waals surface area contributed by atoms with Crippen molar-refractivity contribution in [3.8, 4) is 0 Å². The summed E-state index contributed by atoms with van der Waals surface area (Å²) in [5.41, 5.74) is 0.333. The molecule has 112 valence electrons. The zero-order valence-corrected chi connectivity index (χ0v) is 13.5. The molecule has 2 heterocycles. The molecule has 6 heteroatoms. The van der Waals surface area contributed by atoms with Crippen molar-refractivity contribution in [3.05, 3.63) is 43.5 Å². The van der Waals surface area contributed by atoms with Gasteiger partial charge >= 0.3 is 0 Å². The summed E-state index contributed by atoms with van der Waals surface area (Å²) in [5, 5.41) is 7.71. The Bertz CT molecular complexity index is 690. The highest BCUT2D eigenvalue weighted by Gasteiger charge is 2.20. The lowest BCUT2D eigenvalue weighted by Crippen LogP contribution is -2.30. The minimum absolute atomic E-state index is 0.123. The molecule has 21 heavy (non-hydrogen) atoms. The molecule has 1 saturated carbocycles. The number of hydrogen-bond donors (Lipinski definition) is 1. The number of halogens is 1. The Kier molecular flexibility index (Phi) is 4.31. The van der Waals surface area contributed by atoms with E-state index in [1.54, 1.807) is 17.5 Å². The number of aryl methyl sites for hydroxylation is 1. The predicted octanol–water partition coefficient (Wildman–Crippen LogP) is 3.68. The Morgan fingerprint density at radius 1 is 1.48 bits per heavy atom. The average molecular weight is 324 g/mol. The van der Waals surface area contributed by atoms with Gasteiger partial charge in [-0.05, 0) is 37.8 Å². The standard InChI is InChI=1S/C15H18ClN3OS/c1-10-5-6-12(21-10)7-17-14-13(16)8-18-19(15(14)20)9-11-3-2-4-11/h5-6,8,11,17H,2-4,7,9H2,1H3. The van der Waals surface area contributed by atoms with Crippen molar-refractivity contribution >= 4 is 28.6 Å². The molecular weight excluding hydrogens is 306 g/mol. The molecule has 1 N–H and O–H groups in total. The van der Waals surface area contributed by atoms with E-state index in [1.165, 1.54) is 33.7 Å². The molecule has 0 radical (unpaired) electrons. The number of hydrogen-bond acceptors (Lipinski definition) is 4. The van der Waals surface area contributed by atoms with Crippen LogP contribution in [0.25, 0.3) is 0 Å². The molecule has 4 nitrogen and oxygen atoms in total. The lowest BCUT2D eigenvalue weighted by atomic mass is 9.85. The van der Waals surface area contributed by atoms with Crippen LogP contribution in [0.4, 0.5) is 5.69 Å². The van der Waals surface area contributed by atoms with Crippen LogP contribution in [0.15, 0.2) is 23.1 Å². The van der Waals surface area contributed by atoms with Gasteiger partial charge in [-0.3, -0.25) is 4.79 Å². The quantitative estimate of drug-likeness (QED) is 0.913. The monoisotopic (exact) mass is 323 g/mol. The van der Waals surface area contributed by atoms with Crippen LogP contribution < -0.4 is 10.9 Å². The van der Waals surface area contributed by atoms with Gasteiger partial charge in [-0.25, -0.2) is 4.68 Å². The number of nitrogens with one attached hydrogen (secondary N) is 1. The highest BCUT2D eigenvalue weighted by Crippen LogP contribution is 2.27. The smallest absolute Gasteiger partial charge is 0.291 e. The number of anilines is 1. The highest BCUT2D eigenvalue weighted by atomic mass is 35.5. The second kappa shape index (κ2) is 6.20. The fourth-order valence-corrected chi connectivity index (χ4v) is 3.46. The van der Waals surface area contributed by atoms with Crippen LogP contribution in [0, 0.1) is 12.8 Å². The van der Waals surface area contributed by atoms with Crippen LogP contribution in [0.3, 0.4) is 0 Å². The zero-order valence-electron chi connectivity index (χ0n) is 11.9. The normalized spacial score (nSPS) is 15.0. The first-order valence-corrected chi connectivity index (χ1v) is 8.38. The van der Waals surface area contributed by atoms with Crippen LogP contribution in [-0.2, 0) is 13.1 Å². The summed E-state index contributed by atoms with van der Waals surface area (Å²) in [4.78, 5) is 14.9. The summed E-state index contributed by atoms with van der Waals surface area (Å²) in [6, 6.07) is 4.14. The van der Waals surface area contributed by atoms with Crippen molar-refractivity contribution in [2.24, 2.45) is 5.92 Å². The van der Waals surface area contributed by atoms with E-state index >= 15 is 0 Å². The number of aromatic nitrogens is 2. The fraction of sp³-hybridized carbons (Fsp3) is 0.467. The highest BCUT2D eigenvalue weighted by molar-refractivity contribution is 7.11. The van der Waals surface area contributed by atoms with Gasteiger partial charge in [0.25, 0.3) is 5.56 Å². The predicted molar refractivity (Wildman–Crippen MR) is 87.2 cm³/mol. The van der Waals surface area contributed by atoms with Crippen LogP contribution in [0.2, 0.25) is 5.02 Å². The third-order valence-electron chi connectivity index (χ3n) is 3.89. The summed E-state index contributed by atoms with van der Waals surface area (Å²) in [5.74, 6) is 0.587. The first kappa shape index (κ1) is 14.6. The Balaban J connectivity index is 1.76. The van der Waals surface area contributed by atoms with Crippen molar-refractivity contribution in [3.63, 3.8) is 0 Å². The third kappa shape index (κ3) is 3.30. The molecule has 2 aromatic rings. The Labute approximate surface area is 132 Å². The van der Waals surface area contributed by atoms with Gasteiger partial charge in [0.2, 0.25) is 0 Å². The van der Waals surface area contributed by atoms with Crippen molar-refractivity contribution in [1.29, 1.82) is 0 Å². The van der Waals surface area contributed by atoms with Gasteiger partial charge in [0, 0.05) is 22.8 Å². The molecule has 0 amide bonds. The van der Waals surface area contributed by atoms with Crippen molar-refractivity contribution in [2.75, 3.05) is 5.32 Å². The second-order valence-corrected chi connectivity index (χ2v) is 7.30. The summed E-state index contributed by atoms with van der Waals surface area (Å²) < 4.78 is 1.54. The van der Waals surface area contributed by atoms with Crippen LogP contribution in [-0.4, -0.2) is 9.78 Å². The Morgan fingerprint density at radius 3 is 2.90 bits per heavy atom. The molecule has 1 aliphatic carbocycles. The van der Waals surface area contributed by atoms with Gasteiger partial charge in [0.1, 0.15) is 5.69 Å². The van der Waals surface area contributed by atoms with E-state index in [1.807, 2.05) is 0 Å². The van der Waals surface area contributed by atoms with E-state index in [2.05, 4.69) is 29.5 Å². The zero-order chi connectivity index (χ0) is 14.8. The molecule has 0 unspecified atom stereocenters. The number of nitrogens with zero attached hydrogens (tertiary/aromatic N) is 2. The Hall–Kier alpha value is -1.33. The maximum Gasteiger partial charge on any atom is 0.291 e. The van der Waals surface area contributed by atoms with Crippen molar-refractivity contribution in [1.82, 2.24) is 9.78 Å².